The molecule has 0 spiro atoms. The minimum Gasteiger partial charge on any atom is -0.383 e. The molecule has 0 atom stereocenters. The van der Waals surface area contributed by atoms with Gasteiger partial charge in [-0.15, -0.1) is 0 Å². The first-order valence-electron chi connectivity index (χ1n) is 8.09. The molecule has 3 N–H and O–H groups in total. The second-order valence-corrected chi connectivity index (χ2v) is 7.10. The van der Waals surface area contributed by atoms with Crippen molar-refractivity contribution in [1.82, 2.24) is 10.2 Å². The number of quaternary nitrogens is 1. The molecule has 0 aromatic heterocycles. The molecule has 25 heavy (non-hydrogen) atoms. The molecule has 0 aliphatic carbocycles. The van der Waals surface area contributed by atoms with Crippen LogP contribution >= 0.6 is 35.4 Å². The highest BCUT2D eigenvalue weighted by molar-refractivity contribution is 7.80. The van der Waals surface area contributed by atoms with Crippen LogP contribution in [0.5, 0.6) is 0 Å². The van der Waals surface area contributed by atoms with Crippen LogP contribution in [0.1, 0.15) is 0 Å². The van der Waals surface area contributed by atoms with Gasteiger partial charge in [0.1, 0.15) is 0 Å². The third-order valence-corrected chi connectivity index (χ3v) is 4.71. The Labute approximate surface area is 163 Å². The summed E-state index contributed by atoms with van der Waals surface area (Å²) in [5, 5.41) is 7.78. The largest absolute Gasteiger partial charge is 0.383 e. The second kappa shape index (κ2) is 10.1. The highest BCUT2D eigenvalue weighted by Crippen LogP contribution is 2.22. The zero-order valence-electron chi connectivity index (χ0n) is 14.1. The van der Waals surface area contributed by atoms with Gasteiger partial charge in [-0.05, 0) is 30.4 Å². The number of piperazine rings is 1. The Kier molecular flexibility index (Phi) is 8.18. The van der Waals surface area contributed by atoms with E-state index in [0.29, 0.717) is 34.9 Å². The summed E-state index contributed by atoms with van der Waals surface area (Å²) in [6.07, 6.45) is 0. The van der Waals surface area contributed by atoms with Crippen LogP contribution in [-0.2, 0) is 9.53 Å². The summed E-state index contributed by atoms with van der Waals surface area (Å²) >= 11 is 17.5. The average molecular weight is 406 g/mol. The number of hydrogen-bond donors (Lipinski definition) is 3. The van der Waals surface area contributed by atoms with E-state index in [0.717, 1.165) is 31.9 Å². The number of nitrogens with zero attached hydrogens (tertiary/aromatic N) is 1. The molecule has 6 nitrogen and oxygen atoms in total. The van der Waals surface area contributed by atoms with Crippen LogP contribution in [0.15, 0.2) is 18.2 Å². The predicted octanol–water partition coefficient (Wildman–Crippen LogP) is 0.653. The first-order valence-corrected chi connectivity index (χ1v) is 9.25. The molecular weight excluding hydrogens is 383 g/mol. The van der Waals surface area contributed by atoms with Gasteiger partial charge in [0.2, 0.25) is 0 Å². The first kappa shape index (κ1) is 20.2. The number of methoxy groups -OCH3 is 1. The van der Waals surface area contributed by atoms with Crippen molar-refractivity contribution in [2.45, 2.75) is 0 Å². The van der Waals surface area contributed by atoms with Gasteiger partial charge in [-0.3, -0.25) is 4.79 Å². The van der Waals surface area contributed by atoms with Crippen molar-refractivity contribution in [1.29, 1.82) is 0 Å². The molecular formula is C16H23Cl2N4O2S+. The molecule has 9 heteroatoms. The van der Waals surface area contributed by atoms with Crippen LogP contribution in [0.4, 0.5) is 5.69 Å². The highest BCUT2D eigenvalue weighted by Gasteiger charge is 2.23. The Balaban J connectivity index is 1.75. The zero-order chi connectivity index (χ0) is 18.2. The topological polar surface area (TPSA) is 58.0 Å². The quantitative estimate of drug-likeness (QED) is 0.479. The van der Waals surface area contributed by atoms with Crippen molar-refractivity contribution < 1.29 is 14.4 Å². The van der Waals surface area contributed by atoms with E-state index in [1.807, 2.05) is 0 Å². The molecule has 1 aliphatic rings. The van der Waals surface area contributed by atoms with Gasteiger partial charge in [-0.25, -0.2) is 0 Å². The van der Waals surface area contributed by atoms with E-state index >= 15 is 0 Å². The van der Waals surface area contributed by atoms with Gasteiger partial charge in [0.05, 0.1) is 32.8 Å². The maximum Gasteiger partial charge on any atom is 0.275 e. The van der Waals surface area contributed by atoms with E-state index in [4.69, 9.17) is 40.2 Å². The van der Waals surface area contributed by atoms with E-state index in [9.17, 15) is 4.79 Å². The van der Waals surface area contributed by atoms with Crippen molar-refractivity contribution in [2.24, 2.45) is 0 Å². The molecule has 0 unspecified atom stereocenters. The molecule has 0 bridgehead atoms. The maximum atomic E-state index is 11.8. The zero-order valence-corrected chi connectivity index (χ0v) is 16.4. The Morgan fingerprint density at radius 2 is 1.92 bits per heavy atom. The van der Waals surface area contributed by atoms with Crippen LogP contribution in [0.25, 0.3) is 0 Å². The van der Waals surface area contributed by atoms with Crippen LogP contribution in [0, 0.1) is 0 Å². The standard InChI is InChI=1S/C16H22Cl2N4O2S/c1-24-7-2-19-15(23)11-21-3-5-22(6-4-21)16(25)20-14-9-12(17)8-13(18)10-14/h8-10H,2-7,11H2,1H3,(H,19,23)(H,20,25)/p+1. The third-order valence-electron chi connectivity index (χ3n) is 3.91. The van der Waals surface area contributed by atoms with Crippen molar-refractivity contribution in [2.75, 3.05) is 58.3 Å². The van der Waals surface area contributed by atoms with E-state index in [2.05, 4.69) is 15.5 Å². The number of amides is 1. The normalized spacial score (nSPS) is 15.1. The van der Waals surface area contributed by atoms with Crippen molar-refractivity contribution >= 4 is 52.1 Å². The van der Waals surface area contributed by atoms with Gasteiger partial charge in [0.15, 0.2) is 11.7 Å². The fourth-order valence-corrected chi connectivity index (χ4v) is 3.44. The second-order valence-electron chi connectivity index (χ2n) is 5.84. The molecule has 0 radical (unpaired) electrons. The van der Waals surface area contributed by atoms with Gasteiger partial charge >= 0.3 is 0 Å². The number of thiocarbonyl (C=S) groups is 1. The van der Waals surface area contributed by atoms with Crippen molar-refractivity contribution in [3.63, 3.8) is 0 Å². The fourth-order valence-electron chi connectivity index (χ4n) is 2.61. The number of carbonyl (C=O) groups is 1. The number of halogens is 2. The van der Waals surface area contributed by atoms with Crippen LogP contribution in [0.2, 0.25) is 10.0 Å². The minimum absolute atomic E-state index is 0.0507. The molecule has 1 saturated heterocycles. The smallest absolute Gasteiger partial charge is 0.275 e. The van der Waals surface area contributed by atoms with Gasteiger partial charge in [0.25, 0.3) is 5.91 Å². The SMILES string of the molecule is COCCNC(=O)C[NH+]1CCN(C(=S)Nc2cc(Cl)cc(Cl)c2)CC1. The number of carbonyl (C=O) groups excluding carboxylic acids is 1. The lowest BCUT2D eigenvalue weighted by Gasteiger charge is -2.33. The molecule has 1 amide bonds. The monoisotopic (exact) mass is 405 g/mol. The molecule has 1 aliphatic heterocycles. The Bertz CT molecular complexity index is 590. The molecule has 1 heterocycles. The van der Waals surface area contributed by atoms with E-state index in [1.54, 1.807) is 25.3 Å². The van der Waals surface area contributed by atoms with Crippen LogP contribution < -0.4 is 15.5 Å². The Morgan fingerprint density at radius 1 is 1.28 bits per heavy atom. The summed E-state index contributed by atoms with van der Waals surface area (Å²) in [6, 6.07) is 5.24. The van der Waals surface area contributed by atoms with Crippen LogP contribution in [0.3, 0.4) is 0 Å². The van der Waals surface area contributed by atoms with Crippen LogP contribution in [-0.4, -0.2) is 68.9 Å². The molecule has 1 fully saturated rings. The lowest BCUT2D eigenvalue weighted by molar-refractivity contribution is -0.895. The number of anilines is 1. The lowest BCUT2D eigenvalue weighted by atomic mass is 10.3. The van der Waals surface area contributed by atoms with Crippen molar-refractivity contribution in [3.8, 4) is 0 Å². The maximum absolute atomic E-state index is 11.8. The van der Waals surface area contributed by atoms with Gasteiger partial charge in [-0.1, -0.05) is 23.2 Å². The van der Waals surface area contributed by atoms with E-state index in [1.165, 1.54) is 4.90 Å². The van der Waals surface area contributed by atoms with E-state index in [-0.39, 0.29) is 5.91 Å². The third kappa shape index (κ3) is 6.95. The van der Waals surface area contributed by atoms with Gasteiger partial charge in [-0.2, -0.15) is 0 Å². The van der Waals surface area contributed by atoms with Gasteiger partial charge < -0.3 is 25.2 Å². The summed E-state index contributed by atoms with van der Waals surface area (Å²) < 4.78 is 4.92. The number of hydrogen-bond acceptors (Lipinski definition) is 3. The fraction of sp³-hybridized carbons (Fsp3) is 0.500. The number of benzene rings is 1. The minimum atomic E-state index is 0.0507. The number of ether oxygens (including phenoxy) is 1. The molecule has 0 saturated carbocycles. The molecule has 1 aromatic rings. The summed E-state index contributed by atoms with van der Waals surface area (Å²) in [6.45, 7) is 4.85. The van der Waals surface area contributed by atoms with Crippen molar-refractivity contribution in [3.05, 3.63) is 28.2 Å². The molecule has 138 valence electrons. The Hall–Kier alpha value is -1.12. The molecule has 1 aromatic carbocycles. The Morgan fingerprint density at radius 3 is 2.52 bits per heavy atom. The molecule has 2 rings (SSSR count). The number of rotatable bonds is 6. The highest BCUT2D eigenvalue weighted by atomic mass is 35.5. The first-order chi connectivity index (χ1) is 12.0. The van der Waals surface area contributed by atoms with Gasteiger partial charge in [0, 0.05) is 29.4 Å². The summed E-state index contributed by atoms with van der Waals surface area (Å²) in [5.41, 5.74) is 0.773. The van der Waals surface area contributed by atoms with E-state index < -0.39 is 0 Å². The summed E-state index contributed by atoms with van der Waals surface area (Å²) in [7, 11) is 1.62. The predicted molar refractivity (Wildman–Crippen MR) is 105 cm³/mol. The lowest BCUT2D eigenvalue weighted by Crippen LogP contribution is -3.15. The average Bonchev–Trinajstić information content (AvgIpc) is 2.54. The number of nitrogens with one attached hydrogen (secondary N) is 3. The summed E-state index contributed by atoms with van der Waals surface area (Å²) in [5.74, 6) is 0.0507. The summed E-state index contributed by atoms with van der Waals surface area (Å²) in [4.78, 5) is 15.2.